The maximum Gasteiger partial charge on any atom is 0.414 e. The topological polar surface area (TPSA) is 119 Å². The Balaban J connectivity index is 1.12. The summed E-state index contributed by atoms with van der Waals surface area (Å²) in [6.45, 7) is 2.73. The van der Waals surface area contributed by atoms with Crippen LogP contribution in [-0.4, -0.2) is 55.1 Å². The number of amides is 2. The van der Waals surface area contributed by atoms with Gasteiger partial charge in [0.05, 0.1) is 23.7 Å². The predicted octanol–water partition coefficient (Wildman–Crippen LogP) is 3.64. The van der Waals surface area contributed by atoms with Gasteiger partial charge in [-0.1, -0.05) is 24.3 Å². The third kappa shape index (κ3) is 6.22. The summed E-state index contributed by atoms with van der Waals surface area (Å²) >= 11 is 1.50. The highest BCUT2D eigenvalue weighted by atomic mass is 32.2. The smallest absolute Gasteiger partial charge is 0.414 e. The van der Waals surface area contributed by atoms with Gasteiger partial charge < -0.3 is 25.8 Å². The summed E-state index contributed by atoms with van der Waals surface area (Å²) in [5, 5.41) is 6.31. The van der Waals surface area contributed by atoms with E-state index < -0.39 is 0 Å². The first-order valence-electron chi connectivity index (χ1n) is 12.2. The van der Waals surface area contributed by atoms with Crippen LogP contribution in [-0.2, 0) is 16.1 Å². The van der Waals surface area contributed by atoms with Gasteiger partial charge in [-0.15, -0.1) is 11.8 Å². The van der Waals surface area contributed by atoms with Gasteiger partial charge in [0.25, 0.3) is 0 Å². The minimum Gasteiger partial charge on any atom is -0.476 e. The highest BCUT2D eigenvalue weighted by molar-refractivity contribution is 8.00. The van der Waals surface area contributed by atoms with E-state index in [1.54, 1.807) is 4.90 Å². The van der Waals surface area contributed by atoms with Gasteiger partial charge in [-0.2, -0.15) is 0 Å². The first-order chi connectivity index (χ1) is 18.1. The molecule has 0 bridgehead atoms. The zero-order valence-corrected chi connectivity index (χ0v) is 21.1. The number of carbonyl (C=O) groups excluding carboxylic acids is 2. The lowest BCUT2D eigenvalue weighted by Gasteiger charge is -2.20. The first-order valence-corrected chi connectivity index (χ1v) is 13.2. The van der Waals surface area contributed by atoms with Crippen molar-refractivity contribution in [3.8, 4) is 17.1 Å². The van der Waals surface area contributed by atoms with Crippen molar-refractivity contribution in [2.24, 2.45) is 5.73 Å². The zero-order valence-electron chi connectivity index (χ0n) is 20.3. The number of ether oxygens (including phenoxy) is 2. The van der Waals surface area contributed by atoms with E-state index in [0.717, 1.165) is 33.1 Å². The Kier molecular flexibility index (Phi) is 7.88. The van der Waals surface area contributed by atoms with E-state index in [-0.39, 0.29) is 18.1 Å². The van der Waals surface area contributed by atoms with E-state index in [2.05, 4.69) is 27.8 Å². The summed E-state index contributed by atoms with van der Waals surface area (Å²) in [6.07, 6.45) is 0.131. The largest absolute Gasteiger partial charge is 0.476 e. The second-order valence-electron chi connectivity index (χ2n) is 8.80. The molecule has 10 heteroatoms. The van der Waals surface area contributed by atoms with Crippen LogP contribution in [0.15, 0.2) is 65.6 Å². The van der Waals surface area contributed by atoms with Crippen molar-refractivity contribution >= 4 is 35.1 Å². The van der Waals surface area contributed by atoms with E-state index in [9.17, 15) is 9.59 Å². The van der Waals surface area contributed by atoms with E-state index in [1.165, 1.54) is 11.8 Å². The number of anilines is 2. The molecular weight excluding hydrogens is 490 g/mol. The van der Waals surface area contributed by atoms with Gasteiger partial charge in [-0.3, -0.25) is 9.69 Å². The number of carbonyl (C=O) groups is 2. The zero-order chi connectivity index (χ0) is 25.6. The first kappa shape index (κ1) is 25.1. The molecule has 192 valence electrons. The van der Waals surface area contributed by atoms with Crippen molar-refractivity contribution in [2.75, 3.05) is 42.2 Å². The van der Waals surface area contributed by atoms with Gasteiger partial charge >= 0.3 is 6.09 Å². The molecule has 2 aromatic carbocycles. The third-order valence-electron chi connectivity index (χ3n) is 6.07. The van der Waals surface area contributed by atoms with E-state index in [1.807, 2.05) is 48.5 Å². The number of aromatic nitrogens is 1. The number of benzene rings is 2. The molecule has 1 atom stereocenters. The van der Waals surface area contributed by atoms with Crippen LogP contribution < -0.4 is 26.0 Å². The highest BCUT2D eigenvalue weighted by Gasteiger charge is 2.32. The number of nitrogens with one attached hydrogen (secondary N) is 2. The van der Waals surface area contributed by atoms with Crippen molar-refractivity contribution in [1.82, 2.24) is 10.3 Å². The molecule has 1 fully saturated rings. The fraction of sp³-hybridized carbons (Fsp3) is 0.296. The Bertz CT molecular complexity index is 1290. The third-order valence-corrected chi connectivity index (χ3v) is 7.14. The van der Waals surface area contributed by atoms with Crippen molar-refractivity contribution < 1.29 is 19.1 Å². The number of cyclic esters (lactones) is 1. The lowest BCUT2D eigenvalue weighted by atomic mass is 10.1. The molecule has 1 saturated heterocycles. The molecule has 1 aromatic heterocycles. The van der Waals surface area contributed by atoms with Gasteiger partial charge in [-0.05, 0) is 48.9 Å². The number of fused-ring (bicyclic) bond motifs is 1. The standard InChI is InChI=1S/C27H29N5O4S/c28-10-12-35-26-6-2-5-22(31-26)19-4-1-3-18(13-19)15-29-11-9-21-16-32(27(34)36-21)20-7-8-24-23(14-20)30-25(33)17-37-24/h1-8,13-14,21,29H,9-12,15-17,28H2,(H,30,33). The number of nitrogens with zero attached hydrogens (tertiary/aromatic N) is 2. The Morgan fingerprint density at radius 3 is 2.95 bits per heavy atom. The Labute approximate surface area is 219 Å². The molecule has 4 N–H and O–H groups in total. The molecule has 3 heterocycles. The summed E-state index contributed by atoms with van der Waals surface area (Å²) in [5.41, 5.74) is 9.96. The molecule has 3 aromatic rings. The summed E-state index contributed by atoms with van der Waals surface area (Å²) in [5.74, 6) is 0.936. The maximum absolute atomic E-state index is 12.5. The lowest BCUT2D eigenvalue weighted by molar-refractivity contribution is -0.113. The van der Waals surface area contributed by atoms with Gasteiger partial charge in [0.15, 0.2) is 0 Å². The number of rotatable bonds is 10. The van der Waals surface area contributed by atoms with E-state index >= 15 is 0 Å². The highest BCUT2D eigenvalue weighted by Crippen LogP contribution is 2.35. The number of hydrogen-bond acceptors (Lipinski definition) is 8. The van der Waals surface area contributed by atoms with Crippen LogP contribution >= 0.6 is 11.8 Å². The monoisotopic (exact) mass is 519 g/mol. The van der Waals surface area contributed by atoms with E-state index in [0.29, 0.717) is 50.8 Å². The van der Waals surface area contributed by atoms with Crippen LogP contribution in [0.3, 0.4) is 0 Å². The van der Waals surface area contributed by atoms with E-state index in [4.69, 9.17) is 15.2 Å². The molecule has 2 amide bonds. The van der Waals surface area contributed by atoms with Crippen molar-refractivity contribution in [2.45, 2.75) is 24.0 Å². The normalized spacial score (nSPS) is 16.8. The average molecular weight is 520 g/mol. The molecule has 2 aliphatic rings. The summed E-state index contributed by atoms with van der Waals surface area (Å²) in [6, 6.07) is 19.6. The molecule has 0 radical (unpaired) electrons. The quantitative estimate of drug-likeness (QED) is 0.348. The fourth-order valence-electron chi connectivity index (χ4n) is 4.28. The van der Waals surface area contributed by atoms with Gasteiger partial charge in [0.1, 0.15) is 12.7 Å². The molecule has 9 nitrogen and oxygen atoms in total. The van der Waals surface area contributed by atoms with Crippen LogP contribution in [0.25, 0.3) is 11.3 Å². The SMILES string of the molecule is NCCOc1cccc(-c2cccc(CNCCC3CN(c4ccc5c(c4)NC(=O)CS5)C(=O)O3)c2)n1. The Morgan fingerprint density at radius 1 is 1.16 bits per heavy atom. The van der Waals surface area contributed by atoms with Crippen LogP contribution in [0.5, 0.6) is 5.88 Å². The predicted molar refractivity (Wildman–Crippen MR) is 144 cm³/mol. The number of pyridine rings is 1. The molecule has 1 unspecified atom stereocenters. The molecule has 0 spiro atoms. The van der Waals surface area contributed by atoms with Crippen LogP contribution in [0, 0.1) is 0 Å². The fourth-order valence-corrected chi connectivity index (χ4v) is 5.07. The van der Waals surface area contributed by atoms with Gasteiger partial charge in [-0.25, -0.2) is 9.78 Å². The molecule has 37 heavy (non-hydrogen) atoms. The molecule has 0 aliphatic carbocycles. The molecule has 2 aliphatic heterocycles. The van der Waals surface area contributed by atoms with Crippen molar-refractivity contribution in [3.63, 3.8) is 0 Å². The van der Waals surface area contributed by atoms with Gasteiger partial charge in [0, 0.05) is 35.3 Å². The van der Waals surface area contributed by atoms with Gasteiger partial charge in [0.2, 0.25) is 11.8 Å². The molecular formula is C27H29N5O4S. The molecule has 0 saturated carbocycles. The molecule has 5 rings (SSSR count). The lowest BCUT2D eigenvalue weighted by Crippen LogP contribution is -2.26. The number of nitrogens with two attached hydrogens (primary N) is 1. The summed E-state index contributed by atoms with van der Waals surface area (Å²) in [4.78, 5) is 31.4. The minimum absolute atomic E-state index is 0.0329. The van der Waals surface area contributed by atoms with Crippen LogP contribution in [0.4, 0.5) is 16.2 Å². The van der Waals surface area contributed by atoms with Crippen LogP contribution in [0.2, 0.25) is 0 Å². The number of thioether (sulfide) groups is 1. The maximum atomic E-state index is 12.5. The van der Waals surface area contributed by atoms with Crippen molar-refractivity contribution in [3.05, 3.63) is 66.2 Å². The Morgan fingerprint density at radius 2 is 2.05 bits per heavy atom. The summed E-state index contributed by atoms with van der Waals surface area (Å²) in [7, 11) is 0. The second-order valence-corrected chi connectivity index (χ2v) is 9.81. The van der Waals surface area contributed by atoms with Crippen LogP contribution in [0.1, 0.15) is 12.0 Å². The second kappa shape index (κ2) is 11.6. The number of hydrogen-bond donors (Lipinski definition) is 3. The minimum atomic E-state index is -0.363. The Hall–Kier alpha value is -3.60. The average Bonchev–Trinajstić information content (AvgIpc) is 3.30. The van der Waals surface area contributed by atoms with Crippen molar-refractivity contribution in [1.29, 1.82) is 0 Å². The summed E-state index contributed by atoms with van der Waals surface area (Å²) < 4.78 is 11.1.